The zero-order chi connectivity index (χ0) is 19.5. The van der Waals surface area contributed by atoms with Crippen LogP contribution in [-0.2, 0) is 17.6 Å². The molecule has 0 saturated carbocycles. The summed E-state index contributed by atoms with van der Waals surface area (Å²) in [6, 6.07) is 16.3. The van der Waals surface area contributed by atoms with E-state index in [0.29, 0.717) is 12.8 Å². The third-order valence-corrected chi connectivity index (χ3v) is 5.75. The number of carbonyl (C=O) groups excluding carboxylic acids is 1. The van der Waals surface area contributed by atoms with Gasteiger partial charge in [-0.05, 0) is 87.4 Å². The molecule has 0 spiro atoms. The molecule has 1 aromatic heterocycles. The van der Waals surface area contributed by atoms with Gasteiger partial charge in [0.25, 0.3) is 0 Å². The van der Waals surface area contributed by atoms with Crippen LogP contribution in [0.1, 0.15) is 17.5 Å². The lowest BCUT2D eigenvalue weighted by Gasteiger charge is -2.18. The average Bonchev–Trinajstić information content (AvgIpc) is 3.16. The van der Waals surface area contributed by atoms with Gasteiger partial charge in [0.1, 0.15) is 5.75 Å². The van der Waals surface area contributed by atoms with E-state index in [1.807, 2.05) is 35.2 Å². The highest BCUT2D eigenvalue weighted by molar-refractivity contribution is 9.10. The van der Waals surface area contributed by atoms with Crippen LogP contribution in [0.5, 0.6) is 5.75 Å². The summed E-state index contributed by atoms with van der Waals surface area (Å²) >= 11 is 3.50. The largest absolute Gasteiger partial charge is 0.496 e. The Kier molecular flexibility index (Phi) is 5.44. The fraction of sp³-hybridized carbons (Fsp3) is 0.217. The number of hydrogen-bond acceptors (Lipinski definition) is 3. The molecular weight excluding hydrogens is 416 g/mol. The van der Waals surface area contributed by atoms with Crippen LogP contribution in [0.3, 0.4) is 0 Å². The topological polar surface area (TPSA) is 42.4 Å². The lowest BCUT2D eigenvalue weighted by molar-refractivity contribution is -0.118. The fourth-order valence-corrected chi connectivity index (χ4v) is 4.22. The number of rotatable bonds is 5. The molecular formula is C23H21BrN2O2. The molecule has 2 heterocycles. The summed E-state index contributed by atoms with van der Waals surface area (Å²) in [6.07, 6.45) is 5.70. The third kappa shape index (κ3) is 3.80. The Bertz CT molecular complexity index is 1000. The first-order valence-electron chi connectivity index (χ1n) is 9.32. The van der Waals surface area contributed by atoms with Gasteiger partial charge < -0.3 is 9.64 Å². The molecule has 0 radical (unpaired) electrons. The second kappa shape index (κ2) is 8.15. The molecule has 0 saturated heterocycles. The molecule has 142 valence electrons. The zero-order valence-corrected chi connectivity index (χ0v) is 17.3. The Morgan fingerprint density at radius 1 is 1.11 bits per heavy atom. The van der Waals surface area contributed by atoms with E-state index in [2.05, 4.69) is 39.1 Å². The van der Waals surface area contributed by atoms with Crippen molar-refractivity contribution >= 4 is 27.5 Å². The van der Waals surface area contributed by atoms with Crippen LogP contribution < -0.4 is 9.64 Å². The Morgan fingerprint density at radius 3 is 2.68 bits per heavy atom. The molecule has 3 aromatic rings. The van der Waals surface area contributed by atoms with Gasteiger partial charge in [-0.2, -0.15) is 0 Å². The first kappa shape index (κ1) is 18.7. The van der Waals surface area contributed by atoms with E-state index in [4.69, 9.17) is 4.74 Å². The Hall–Kier alpha value is -2.66. The van der Waals surface area contributed by atoms with Gasteiger partial charge in [0.05, 0.1) is 11.6 Å². The number of hydrogen-bond donors (Lipinski definition) is 0. The van der Waals surface area contributed by atoms with Crippen molar-refractivity contribution in [1.29, 1.82) is 0 Å². The highest BCUT2D eigenvalue weighted by atomic mass is 79.9. The summed E-state index contributed by atoms with van der Waals surface area (Å²) in [5.41, 5.74) is 5.70. The molecule has 1 aliphatic rings. The van der Waals surface area contributed by atoms with Crippen molar-refractivity contribution in [2.75, 3.05) is 18.6 Å². The monoisotopic (exact) mass is 436 g/mol. The van der Waals surface area contributed by atoms with Crippen LogP contribution in [0.15, 0.2) is 65.4 Å². The van der Waals surface area contributed by atoms with Gasteiger partial charge in [-0.15, -0.1) is 0 Å². The lowest BCUT2D eigenvalue weighted by atomic mass is 10.0. The van der Waals surface area contributed by atoms with Crippen LogP contribution in [0.25, 0.3) is 11.1 Å². The van der Waals surface area contributed by atoms with Crippen molar-refractivity contribution in [2.45, 2.75) is 19.3 Å². The molecule has 4 rings (SSSR count). The lowest BCUT2D eigenvalue weighted by Crippen LogP contribution is -2.29. The van der Waals surface area contributed by atoms with Crippen molar-refractivity contribution in [3.05, 3.63) is 76.5 Å². The summed E-state index contributed by atoms with van der Waals surface area (Å²) < 4.78 is 6.17. The number of fused-ring (bicyclic) bond motifs is 1. The minimum absolute atomic E-state index is 0.169. The molecule has 5 heteroatoms. The van der Waals surface area contributed by atoms with Crippen LogP contribution in [0.4, 0.5) is 5.69 Å². The number of benzene rings is 2. The van der Waals surface area contributed by atoms with Crippen LogP contribution >= 0.6 is 15.9 Å². The van der Waals surface area contributed by atoms with Gasteiger partial charge in [-0.3, -0.25) is 9.78 Å². The Morgan fingerprint density at radius 2 is 1.93 bits per heavy atom. The van der Waals surface area contributed by atoms with Gasteiger partial charge in [0, 0.05) is 31.0 Å². The van der Waals surface area contributed by atoms with Gasteiger partial charge in [0.15, 0.2) is 0 Å². The molecule has 2 aromatic carbocycles. The number of halogens is 1. The molecule has 0 unspecified atom stereocenters. The second-order valence-corrected chi connectivity index (χ2v) is 7.70. The highest BCUT2D eigenvalue weighted by Crippen LogP contribution is 2.33. The Labute approximate surface area is 173 Å². The number of anilines is 1. The fourth-order valence-electron chi connectivity index (χ4n) is 3.64. The molecule has 1 aliphatic heterocycles. The maximum Gasteiger partial charge on any atom is 0.227 e. The number of carbonyl (C=O) groups is 1. The minimum atomic E-state index is 0.169. The minimum Gasteiger partial charge on any atom is -0.496 e. The molecule has 28 heavy (non-hydrogen) atoms. The van der Waals surface area contributed by atoms with Crippen LogP contribution in [0.2, 0.25) is 0 Å². The second-order valence-electron chi connectivity index (χ2n) is 6.84. The molecule has 4 nitrogen and oxygen atoms in total. The van der Waals surface area contributed by atoms with E-state index in [1.165, 1.54) is 11.1 Å². The summed E-state index contributed by atoms with van der Waals surface area (Å²) in [5, 5.41) is 0. The van der Waals surface area contributed by atoms with Crippen molar-refractivity contribution in [1.82, 2.24) is 4.98 Å². The van der Waals surface area contributed by atoms with Crippen LogP contribution in [0, 0.1) is 0 Å². The molecule has 0 fully saturated rings. The molecule has 0 N–H and O–H groups in total. The number of pyridine rings is 1. The standard InChI is InChI=1S/C23H21BrN2O2/c1-28-22-6-2-16(14-20(22)24)3-7-23(27)26-13-10-19-15-18(4-5-21(19)26)17-8-11-25-12-9-17/h2,4-6,8-9,11-12,14-15H,3,7,10,13H2,1H3. The predicted octanol–water partition coefficient (Wildman–Crippen LogP) is 5.04. The first-order valence-corrected chi connectivity index (χ1v) is 10.1. The molecule has 0 bridgehead atoms. The number of amides is 1. The van der Waals surface area contributed by atoms with Crippen LogP contribution in [-0.4, -0.2) is 24.5 Å². The van der Waals surface area contributed by atoms with E-state index in [1.54, 1.807) is 19.5 Å². The normalized spacial score (nSPS) is 12.7. The number of nitrogens with zero attached hydrogens (tertiary/aromatic N) is 2. The van der Waals surface area contributed by atoms with Crippen molar-refractivity contribution in [2.24, 2.45) is 0 Å². The highest BCUT2D eigenvalue weighted by Gasteiger charge is 2.24. The molecule has 0 atom stereocenters. The average molecular weight is 437 g/mol. The maximum absolute atomic E-state index is 12.8. The van der Waals surface area contributed by atoms with Gasteiger partial charge in [0.2, 0.25) is 5.91 Å². The van der Waals surface area contributed by atoms with Gasteiger partial charge >= 0.3 is 0 Å². The summed E-state index contributed by atoms with van der Waals surface area (Å²) in [7, 11) is 1.65. The quantitative estimate of drug-likeness (QED) is 0.562. The number of ether oxygens (including phenoxy) is 1. The van der Waals surface area contributed by atoms with E-state index in [9.17, 15) is 4.79 Å². The number of aromatic nitrogens is 1. The maximum atomic E-state index is 12.8. The van der Waals surface area contributed by atoms with E-state index >= 15 is 0 Å². The SMILES string of the molecule is COc1ccc(CCC(=O)N2CCc3cc(-c4ccncc4)ccc32)cc1Br. The smallest absolute Gasteiger partial charge is 0.227 e. The van der Waals surface area contributed by atoms with Crippen molar-refractivity contribution in [3.63, 3.8) is 0 Å². The third-order valence-electron chi connectivity index (χ3n) is 5.13. The van der Waals surface area contributed by atoms with Gasteiger partial charge in [-0.1, -0.05) is 12.1 Å². The van der Waals surface area contributed by atoms with E-state index in [-0.39, 0.29) is 5.91 Å². The summed E-state index contributed by atoms with van der Waals surface area (Å²) in [4.78, 5) is 18.8. The van der Waals surface area contributed by atoms with Crippen molar-refractivity contribution in [3.8, 4) is 16.9 Å². The summed E-state index contributed by atoms with van der Waals surface area (Å²) in [6.45, 7) is 0.750. The van der Waals surface area contributed by atoms with Crippen molar-refractivity contribution < 1.29 is 9.53 Å². The zero-order valence-electron chi connectivity index (χ0n) is 15.7. The number of aryl methyl sites for hydroxylation is 1. The van der Waals surface area contributed by atoms with Gasteiger partial charge in [-0.25, -0.2) is 0 Å². The molecule has 1 amide bonds. The van der Waals surface area contributed by atoms with E-state index in [0.717, 1.165) is 40.0 Å². The molecule has 0 aliphatic carbocycles. The summed E-state index contributed by atoms with van der Waals surface area (Å²) in [5.74, 6) is 0.968. The number of methoxy groups -OCH3 is 1. The predicted molar refractivity (Wildman–Crippen MR) is 115 cm³/mol. The Balaban J connectivity index is 1.45. The first-order chi connectivity index (χ1) is 13.7. The van der Waals surface area contributed by atoms with E-state index < -0.39 is 0 Å².